The van der Waals surface area contributed by atoms with Crippen molar-refractivity contribution in [2.45, 2.75) is 55.0 Å². The fourth-order valence-electron chi connectivity index (χ4n) is 2.20. The van der Waals surface area contributed by atoms with Crippen molar-refractivity contribution in [2.75, 3.05) is 13.2 Å². The van der Waals surface area contributed by atoms with Crippen LogP contribution >= 0.6 is 0 Å². The third-order valence-electron chi connectivity index (χ3n) is 3.69. The van der Waals surface area contributed by atoms with Gasteiger partial charge in [0, 0.05) is 0 Å². The van der Waals surface area contributed by atoms with Crippen molar-refractivity contribution in [3.05, 3.63) is 0 Å². The van der Waals surface area contributed by atoms with Crippen molar-refractivity contribution < 1.29 is 50.4 Å². The van der Waals surface area contributed by atoms with Gasteiger partial charge in [-0.3, -0.25) is 5.32 Å². The molecule has 11 heteroatoms. The van der Waals surface area contributed by atoms with Gasteiger partial charge in [-0.2, -0.15) is 0 Å². The summed E-state index contributed by atoms with van der Waals surface area (Å²) >= 11 is 0. The van der Waals surface area contributed by atoms with E-state index in [2.05, 4.69) is 5.32 Å². The van der Waals surface area contributed by atoms with Gasteiger partial charge in [-0.1, -0.05) is 0 Å². The topological polar surface area (TPSA) is 200 Å². The molecular weight excluding hydrogens is 318 g/mol. The van der Waals surface area contributed by atoms with E-state index < -0.39 is 68.2 Å². The summed E-state index contributed by atoms with van der Waals surface area (Å²) in [5.41, 5.74) is 0. The summed E-state index contributed by atoms with van der Waals surface area (Å²) in [6.45, 7) is -1.53. The molecule has 1 aliphatic rings. The van der Waals surface area contributed by atoms with Gasteiger partial charge in [-0.15, -0.1) is 0 Å². The average molecular weight is 341 g/mol. The van der Waals surface area contributed by atoms with Gasteiger partial charge in [-0.05, 0) is 0 Å². The summed E-state index contributed by atoms with van der Waals surface area (Å²) in [6, 6.07) is -1.53. The van der Waals surface area contributed by atoms with E-state index in [-0.39, 0.29) is 6.29 Å². The third-order valence-corrected chi connectivity index (χ3v) is 3.69. The first-order valence-electron chi connectivity index (χ1n) is 6.95. The maximum absolute atomic E-state index is 11.1. The minimum atomic E-state index is -1.87. The van der Waals surface area contributed by atoms with E-state index in [9.17, 15) is 35.4 Å². The van der Waals surface area contributed by atoms with Crippen LogP contribution in [-0.2, 0) is 9.53 Å². The SMILES string of the molecule is O=C[C@H](N[C@@H]1O[C@H](CO)[C@@H](O)[C@H](O)[C@H]1O)[C@@H](O)[C@H](O)[C@H](O)CO. The largest absolute Gasteiger partial charge is 0.394 e. The van der Waals surface area contributed by atoms with Crippen LogP contribution in [0.4, 0.5) is 0 Å². The molecule has 0 aliphatic carbocycles. The number of rotatable bonds is 8. The van der Waals surface area contributed by atoms with Gasteiger partial charge in [0.25, 0.3) is 0 Å². The highest BCUT2D eigenvalue weighted by Crippen LogP contribution is 2.20. The van der Waals surface area contributed by atoms with Crippen molar-refractivity contribution in [3.63, 3.8) is 0 Å². The maximum Gasteiger partial charge on any atom is 0.139 e. The number of ether oxygens (including phenoxy) is 1. The molecule has 1 saturated heterocycles. The van der Waals surface area contributed by atoms with E-state index >= 15 is 0 Å². The van der Waals surface area contributed by atoms with Gasteiger partial charge in [0.05, 0.1) is 19.3 Å². The van der Waals surface area contributed by atoms with Crippen molar-refractivity contribution in [1.29, 1.82) is 0 Å². The molecule has 136 valence electrons. The number of hydrogen-bond donors (Lipinski definition) is 9. The Kier molecular flexibility index (Phi) is 7.89. The zero-order valence-corrected chi connectivity index (χ0v) is 12.1. The molecule has 0 aromatic heterocycles. The van der Waals surface area contributed by atoms with Gasteiger partial charge in [0.2, 0.25) is 0 Å². The van der Waals surface area contributed by atoms with E-state index in [1.165, 1.54) is 0 Å². The van der Waals surface area contributed by atoms with Crippen LogP contribution in [0, 0.1) is 0 Å². The van der Waals surface area contributed by atoms with Crippen LogP contribution in [0.1, 0.15) is 0 Å². The van der Waals surface area contributed by atoms with E-state index in [0.717, 1.165) is 0 Å². The molecule has 0 saturated carbocycles. The highest BCUT2D eigenvalue weighted by atomic mass is 16.6. The zero-order chi connectivity index (χ0) is 17.7. The Morgan fingerprint density at radius 1 is 1.00 bits per heavy atom. The molecule has 1 heterocycles. The molecule has 9 N–H and O–H groups in total. The number of aliphatic hydroxyl groups excluding tert-OH is 8. The molecule has 0 spiro atoms. The van der Waals surface area contributed by atoms with Crippen molar-refractivity contribution in [1.82, 2.24) is 5.32 Å². The first kappa shape index (κ1) is 20.3. The molecule has 1 rings (SSSR count). The maximum atomic E-state index is 11.1. The summed E-state index contributed by atoms with van der Waals surface area (Å²) in [5, 5.41) is 77.8. The number of carbonyl (C=O) groups excluding carboxylic acids is 1. The first-order valence-corrected chi connectivity index (χ1v) is 6.95. The van der Waals surface area contributed by atoms with Gasteiger partial charge in [-0.25, -0.2) is 0 Å². The van der Waals surface area contributed by atoms with Crippen molar-refractivity contribution in [2.24, 2.45) is 0 Å². The molecule has 0 aromatic rings. The van der Waals surface area contributed by atoms with Crippen molar-refractivity contribution >= 4 is 6.29 Å². The van der Waals surface area contributed by atoms with Crippen LogP contribution in [0.25, 0.3) is 0 Å². The summed E-state index contributed by atoms with van der Waals surface area (Å²) in [7, 11) is 0. The van der Waals surface area contributed by atoms with Crippen LogP contribution in [0.3, 0.4) is 0 Å². The smallest absolute Gasteiger partial charge is 0.139 e. The van der Waals surface area contributed by atoms with E-state index in [1.54, 1.807) is 0 Å². The lowest BCUT2D eigenvalue weighted by Crippen LogP contribution is -2.65. The van der Waals surface area contributed by atoms with E-state index in [4.69, 9.17) is 14.9 Å². The molecule has 1 aliphatic heterocycles. The summed E-state index contributed by atoms with van der Waals surface area (Å²) in [6.07, 6.45) is -12.9. The monoisotopic (exact) mass is 341 g/mol. The lowest BCUT2D eigenvalue weighted by molar-refractivity contribution is -0.240. The Morgan fingerprint density at radius 3 is 2.09 bits per heavy atom. The molecule has 9 atom stereocenters. The quantitative estimate of drug-likeness (QED) is 0.190. The lowest BCUT2D eigenvalue weighted by Gasteiger charge is -2.41. The van der Waals surface area contributed by atoms with Crippen LogP contribution in [0.5, 0.6) is 0 Å². The molecule has 23 heavy (non-hydrogen) atoms. The second kappa shape index (κ2) is 8.94. The van der Waals surface area contributed by atoms with Gasteiger partial charge in [0.15, 0.2) is 0 Å². The zero-order valence-electron chi connectivity index (χ0n) is 12.1. The number of carbonyl (C=O) groups is 1. The molecule has 0 amide bonds. The van der Waals surface area contributed by atoms with Crippen molar-refractivity contribution in [3.8, 4) is 0 Å². The Labute approximate surface area is 131 Å². The highest BCUT2D eigenvalue weighted by Gasteiger charge is 2.45. The Morgan fingerprint density at radius 2 is 1.61 bits per heavy atom. The number of nitrogens with one attached hydrogen (secondary N) is 1. The minimum absolute atomic E-state index is 0.166. The second-order valence-electron chi connectivity index (χ2n) is 5.31. The van der Waals surface area contributed by atoms with Gasteiger partial charge in [0.1, 0.15) is 55.2 Å². The molecule has 0 radical (unpaired) electrons. The normalized spacial score (nSPS) is 37.0. The standard InChI is InChI=1S/C12H23NO10/c14-1-4(7(18)8(19)5(17)2-15)13-12-11(22)10(21)9(20)6(3-16)23-12/h1,4-13,15-22H,2-3H2/t4-,5+,6+,7+,8+,9+,10-,11+,12+/m0/s1. The molecular formula is C12H23NO10. The van der Waals surface area contributed by atoms with Crippen LogP contribution in [0.2, 0.25) is 0 Å². The number of aliphatic hydroxyl groups is 8. The molecule has 1 fully saturated rings. The highest BCUT2D eigenvalue weighted by molar-refractivity contribution is 5.59. The Bertz CT molecular complexity index is 370. The lowest BCUT2D eigenvalue weighted by atomic mass is 9.96. The van der Waals surface area contributed by atoms with E-state index in [0.29, 0.717) is 0 Å². The fraction of sp³-hybridized carbons (Fsp3) is 0.917. The van der Waals surface area contributed by atoms with Crippen LogP contribution in [-0.4, -0.2) is 115 Å². The molecule has 0 bridgehead atoms. The summed E-state index contributed by atoms with van der Waals surface area (Å²) in [5.74, 6) is 0. The Balaban J connectivity index is 2.79. The third kappa shape index (κ3) is 4.64. The van der Waals surface area contributed by atoms with Gasteiger partial charge >= 0.3 is 0 Å². The fourth-order valence-corrected chi connectivity index (χ4v) is 2.20. The van der Waals surface area contributed by atoms with Crippen LogP contribution < -0.4 is 5.32 Å². The van der Waals surface area contributed by atoms with Crippen LogP contribution in [0.15, 0.2) is 0 Å². The van der Waals surface area contributed by atoms with E-state index in [1.807, 2.05) is 0 Å². The minimum Gasteiger partial charge on any atom is -0.394 e. The average Bonchev–Trinajstić information content (AvgIpc) is 2.57. The predicted octanol–water partition coefficient (Wildman–Crippen LogP) is -5.98. The number of hydrogen-bond acceptors (Lipinski definition) is 11. The molecule has 0 unspecified atom stereocenters. The molecule has 11 nitrogen and oxygen atoms in total. The predicted molar refractivity (Wildman–Crippen MR) is 71.9 cm³/mol. The second-order valence-corrected chi connectivity index (χ2v) is 5.31. The molecule has 0 aromatic carbocycles. The number of aldehydes is 1. The summed E-state index contributed by atoms with van der Waals surface area (Å²) < 4.78 is 5.09. The summed E-state index contributed by atoms with van der Waals surface area (Å²) in [4.78, 5) is 11.1. The Hall–Kier alpha value is -0.730. The van der Waals surface area contributed by atoms with Gasteiger partial charge < -0.3 is 50.4 Å². The first-order chi connectivity index (χ1) is 10.8.